The monoisotopic (exact) mass is 323 g/mol. The molecule has 2 aromatic heterocycles. The van der Waals surface area contributed by atoms with Gasteiger partial charge in [0, 0.05) is 11.8 Å². The summed E-state index contributed by atoms with van der Waals surface area (Å²) in [5, 5.41) is 16.9. The minimum Gasteiger partial charge on any atom is -0.470 e. The van der Waals surface area contributed by atoms with Crippen LogP contribution in [0.1, 0.15) is 23.9 Å². The Morgan fingerprint density at radius 2 is 2.26 bits per heavy atom. The molecule has 1 aliphatic rings. The van der Waals surface area contributed by atoms with Crippen molar-refractivity contribution in [3.8, 4) is 0 Å². The summed E-state index contributed by atoms with van der Waals surface area (Å²) < 4.78 is 20.7. The third-order valence-corrected chi connectivity index (χ3v) is 3.52. The van der Waals surface area contributed by atoms with E-state index in [1.54, 1.807) is 6.92 Å². The van der Waals surface area contributed by atoms with Crippen LogP contribution in [0.5, 0.6) is 0 Å². The average Bonchev–Trinajstić information content (AvgIpc) is 3.16. The second-order valence-corrected chi connectivity index (χ2v) is 5.07. The highest BCUT2D eigenvalue weighted by Crippen LogP contribution is 2.33. The third-order valence-electron chi connectivity index (χ3n) is 3.52. The van der Waals surface area contributed by atoms with E-state index in [1.807, 2.05) is 0 Å². The molecule has 0 fully saturated rings. The first-order valence-electron chi connectivity index (χ1n) is 6.82. The molecule has 0 amide bonds. The van der Waals surface area contributed by atoms with Crippen molar-refractivity contribution in [2.24, 2.45) is 0 Å². The van der Waals surface area contributed by atoms with Gasteiger partial charge in [0.15, 0.2) is 6.23 Å². The number of alkyl halides is 1. The topological polar surface area (TPSA) is 115 Å². The summed E-state index contributed by atoms with van der Waals surface area (Å²) in [4.78, 5) is 25.6. The number of nitrogens with zero attached hydrogens (tertiary/aromatic N) is 4. The first-order valence-corrected chi connectivity index (χ1v) is 6.82. The molecule has 10 heteroatoms. The zero-order valence-corrected chi connectivity index (χ0v) is 12.2. The molecule has 0 bridgehead atoms. The molecule has 122 valence electrons. The standard InChI is InChI=1S/C13H14FN5O4/c1-7-4-18(13(22)15-12(7)21)11-2-9(10(6-20)23-11)19-5-8(3-14)16-17-19/h4-5,11,20H,2-3,6H2,1H3,(H,15,21,22)/t11-/m1/s1. The van der Waals surface area contributed by atoms with Gasteiger partial charge in [0.25, 0.3) is 5.56 Å². The lowest BCUT2D eigenvalue weighted by Gasteiger charge is -2.15. The van der Waals surface area contributed by atoms with E-state index >= 15 is 0 Å². The van der Waals surface area contributed by atoms with Gasteiger partial charge in [-0.25, -0.2) is 13.9 Å². The predicted octanol–water partition coefficient (Wildman–Crippen LogP) is -0.314. The van der Waals surface area contributed by atoms with Crippen LogP contribution in [0.3, 0.4) is 0 Å². The summed E-state index contributed by atoms with van der Waals surface area (Å²) in [7, 11) is 0. The van der Waals surface area contributed by atoms with Gasteiger partial charge in [-0.2, -0.15) is 0 Å². The Balaban J connectivity index is 1.95. The normalized spacial score (nSPS) is 17.6. The van der Waals surface area contributed by atoms with Crippen LogP contribution in [0, 0.1) is 6.92 Å². The van der Waals surface area contributed by atoms with Crippen molar-refractivity contribution in [2.75, 3.05) is 6.61 Å². The highest BCUT2D eigenvalue weighted by molar-refractivity contribution is 5.50. The van der Waals surface area contributed by atoms with E-state index in [0.29, 0.717) is 11.3 Å². The van der Waals surface area contributed by atoms with Crippen LogP contribution in [0.25, 0.3) is 5.70 Å². The highest BCUT2D eigenvalue weighted by Gasteiger charge is 2.29. The summed E-state index contributed by atoms with van der Waals surface area (Å²) in [6, 6.07) is 0. The Morgan fingerprint density at radius 1 is 1.48 bits per heavy atom. The van der Waals surface area contributed by atoms with Crippen LogP contribution in [-0.4, -0.2) is 36.3 Å². The van der Waals surface area contributed by atoms with Crippen molar-refractivity contribution >= 4 is 5.70 Å². The number of rotatable bonds is 4. The predicted molar refractivity (Wildman–Crippen MR) is 75.9 cm³/mol. The van der Waals surface area contributed by atoms with E-state index in [1.165, 1.54) is 21.6 Å². The van der Waals surface area contributed by atoms with E-state index in [-0.39, 0.29) is 17.9 Å². The molecule has 3 heterocycles. The second-order valence-electron chi connectivity index (χ2n) is 5.07. The zero-order chi connectivity index (χ0) is 16.6. The minimum absolute atomic E-state index is 0.148. The zero-order valence-electron chi connectivity index (χ0n) is 12.2. The number of hydrogen-bond acceptors (Lipinski definition) is 6. The fraction of sp³-hybridized carbons (Fsp3) is 0.385. The molecule has 2 aromatic rings. The quantitative estimate of drug-likeness (QED) is 0.797. The number of aliphatic hydroxyl groups excluding tert-OH is 1. The van der Waals surface area contributed by atoms with Crippen LogP contribution in [0.2, 0.25) is 0 Å². The molecule has 23 heavy (non-hydrogen) atoms. The van der Waals surface area contributed by atoms with Crippen molar-refractivity contribution in [1.82, 2.24) is 24.5 Å². The summed E-state index contributed by atoms with van der Waals surface area (Å²) in [5.74, 6) is 0.209. The molecule has 0 saturated heterocycles. The van der Waals surface area contributed by atoms with Gasteiger partial charge < -0.3 is 9.84 Å². The maximum atomic E-state index is 12.6. The van der Waals surface area contributed by atoms with E-state index in [2.05, 4.69) is 15.3 Å². The SMILES string of the molecule is Cc1cn([C@H]2CC(n3cc(CF)nn3)=C(CO)O2)c(=O)[nH]c1=O. The van der Waals surface area contributed by atoms with Gasteiger partial charge in [-0.05, 0) is 6.92 Å². The molecule has 0 aromatic carbocycles. The number of aromatic amines is 1. The van der Waals surface area contributed by atoms with E-state index in [0.717, 1.165) is 0 Å². The molecule has 0 saturated carbocycles. The van der Waals surface area contributed by atoms with Gasteiger partial charge in [0.1, 0.15) is 24.7 Å². The Morgan fingerprint density at radius 3 is 2.91 bits per heavy atom. The van der Waals surface area contributed by atoms with Crippen LogP contribution in [-0.2, 0) is 11.4 Å². The lowest BCUT2D eigenvalue weighted by molar-refractivity contribution is 0.0590. The average molecular weight is 323 g/mol. The number of H-pyrrole nitrogens is 1. The van der Waals surface area contributed by atoms with Crippen LogP contribution >= 0.6 is 0 Å². The van der Waals surface area contributed by atoms with Crippen molar-refractivity contribution in [3.05, 3.63) is 50.2 Å². The maximum Gasteiger partial charge on any atom is 0.331 e. The van der Waals surface area contributed by atoms with Gasteiger partial charge >= 0.3 is 5.69 Å². The number of ether oxygens (including phenoxy) is 1. The number of aromatic nitrogens is 5. The molecular formula is C13H14FN5O4. The van der Waals surface area contributed by atoms with Crippen LogP contribution < -0.4 is 11.2 Å². The van der Waals surface area contributed by atoms with Crippen molar-refractivity contribution in [3.63, 3.8) is 0 Å². The largest absolute Gasteiger partial charge is 0.470 e. The third kappa shape index (κ3) is 2.68. The summed E-state index contributed by atoms with van der Waals surface area (Å²) in [6.07, 6.45) is 2.24. The van der Waals surface area contributed by atoms with Crippen molar-refractivity contribution in [1.29, 1.82) is 0 Å². The van der Waals surface area contributed by atoms with Gasteiger partial charge in [-0.1, -0.05) is 5.21 Å². The van der Waals surface area contributed by atoms with Crippen LogP contribution in [0.4, 0.5) is 4.39 Å². The number of hydrogen-bond donors (Lipinski definition) is 2. The number of aliphatic hydroxyl groups is 1. The van der Waals surface area contributed by atoms with Crippen molar-refractivity contribution < 1.29 is 14.2 Å². The molecule has 0 radical (unpaired) electrons. The molecule has 0 unspecified atom stereocenters. The lowest BCUT2D eigenvalue weighted by Crippen LogP contribution is -2.33. The Labute approximate surface area is 128 Å². The van der Waals surface area contributed by atoms with Gasteiger partial charge in [0.2, 0.25) is 0 Å². The minimum atomic E-state index is -0.759. The Hall–Kier alpha value is -2.75. The fourth-order valence-electron chi connectivity index (χ4n) is 2.35. The summed E-state index contributed by atoms with van der Waals surface area (Å²) in [6.45, 7) is 0.397. The highest BCUT2D eigenvalue weighted by atomic mass is 19.1. The summed E-state index contributed by atoms with van der Waals surface area (Å²) in [5.41, 5.74) is -0.112. The van der Waals surface area contributed by atoms with E-state index in [9.17, 15) is 19.1 Å². The molecule has 1 aliphatic heterocycles. The lowest BCUT2D eigenvalue weighted by atomic mass is 10.3. The second kappa shape index (κ2) is 5.80. The van der Waals surface area contributed by atoms with E-state index in [4.69, 9.17) is 4.74 Å². The number of nitrogens with one attached hydrogen (secondary N) is 1. The molecule has 1 atom stereocenters. The van der Waals surface area contributed by atoms with Gasteiger partial charge in [-0.15, -0.1) is 5.10 Å². The molecule has 0 spiro atoms. The fourth-order valence-corrected chi connectivity index (χ4v) is 2.35. The number of aryl methyl sites for hydroxylation is 1. The molecule has 3 rings (SSSR count). The number of halogens is 1. The summed E-state index contributed by atoms with van der Waals surface area (Å²) >= 11 is 0. The van der Waals surface area contributed by atoms with Gasteiger partial charge in [-0.3, -0.25) is 14.3 Å². The van der Waals surface area contributed by atoms with Crippen molar-refractivity contribution in [2.45, 2.75) is 26.2 Å². The molecule has 9 nitrogen and oxygen atoms in total. The van der Waals surface area contributed by atoms with Crippen LogP contribution in [0.15, 0.2) is 27.7 Å². The Kier molecular flexibility index (Phi) is 3.82. The first-order chi connectivity index (χ1) is 11.0. The smallest absolute Gasteiger partial charge is 0.331 e. The first kappa shape index (κ1) is 15.2. The van der Waals surface area contributed by atoms with E-state index < -0.39 is 30.8 Å². The molecule has 0 aliphatic carbocycles. The maximum absolute atomic E-state index is 12.6. The molecular weight excluding hydrogens is 309 g/mol. The molecule has 2 N–H and O–H groups in total. The Bertz CT molecular complexity index is 881. The van der Waals surface area contributed by atoms with Gasteiger partial charge in [0.05, 0.1) is 18.3 Å².